The monoisotopic (exact) mass is 349 g/mol. The number of para-hydroxylation sites is 1. The zero-order valence-corrected chi connectivity index (χ0v) is 15.0. The summed E-state index contributed by atoms with van der Waals surface area (Å²) in [6, 6.07) is 16.0. The highest BCUT2D eigenvalue weighted by Gasteiger charge is 2.09. The lowest BCUT2D eigenvalue weighted by molar-refractivity contribution is 0.414. The van der Waals surface area contributed by atoms with Gasteiger partial charge >= 0.3 is 0 Å². The van der Waals surface area contributed by atoms with Crippen molar-refractivity contribution in [3.05, 3.63) is 66.0 Å². The standard InChI is InChI=1S/C20H23N5O/c1-3-15-6-4-5-7-17(15)25-20-18(21)19(23-13-24-20)22-12-14-8-10-16(26-2)11-9-14/h4-11,13H,3,12,21H2,1-2H3,(H2,22,23,24,25). The van der Waals surface area contributed by atoms with Gasteiger partial charge in [0, 0.05) is 12.2 Å². The van der Waals surface area contributed by atoms with E-state index in [0.717, 1.165) is 23.4 Å². The fourth-order valence-electron chi connectivity index (χ4n) is 2.64. The number of rotatable bonds is 7. The Morgan fingerprint density at radius 3 is 2.46 bits per heavy atom. The fourth-order valence-corrected chi connectivity index (χ4v) is 2.64. The van der Waals surface area contributed by atoms with Crippen molar-refractivity contribution in [1.82, 2.24) is 9.97 Å². The number of benzene rings is 2. The van der Waals surface area contributed by atoms with Crippen molar-refractivity contribution < 1.29 is 4.74 Å². The van der Waals surface area contributed by atoms with Crippen LogP contribution in [0.5, 0.6) is 5.75 Å². The molecule has 0 radical (unpaired) electrons. The summed E-state index contributed by atoms with van der Waals surface area (Å²) >= 11 is 0. The number of ether oxygens (including phenoxy) is 1. The van der Waals surface area contributed by atoms with Gasteiger partial charge in [0.1, 0.15) is 17.8 Å². The Balaban J connectivity index is 1.74. The fraction of sp³-hybridized carbons (Fsp3) is 0.200. The number of nitrogens with one attached hydrogen (secondary N) is 2. The number of aryl methyl sites for hydroxylation is 1. The quantitative estimate of drug-likeness (QED) is 0.598. The van der Waals surface area contributed by atoms with Crippen LogP contribution in [-0.2, 0) is 13.0 Å². The predicted octanol–water partition coefficient (Wildman–Crippen LogP) is 3.99. The number of aromatic nitrogens is 2. The largest absolute Gasteiger partial charge is 0.497 e. The normalized spacial score (nSPS) is 10.4. The molecule has 134 valence electrons. The molecule has 4 N–H and O–H groups in total. The summed E-state index contributed by atoms with van der Waals surface area (Å²) in [6.07, 6.45) is 2.43. The summed E-state index contributed by atoms with van der Waals surface area (Å²) < 4.78 is 5.17. The second-order valence-corrected chi connectivity index (χ2v) is 5.82. The average Bonchev–Trinajstić information content (AvgIpc) is 2.69. The Bertz CT molecular complexity index is 864. The number of nitrogen functional groups attached to an aromatic ring is 1. The van der Waals surface area contributed by atoms with Crippen LogP contribution in [0.4, 0.5) is 23.0 Å². The van der Waals surface area contributed by atoms with Crippen molar-refractivity contribution in [2.75, 3.05) is 23.5 Å². The lowest BCUT2D eigenvalue weighted by Crippen LogP contribution is -2.08. The maximum Gasteiger partial charge on any atom is 0.159 e. The van der Waals surface area contributed by atoms with Gasteiger partial charge in [-0.3, -0.25) is 0 Å². The highest BCUT2D eigenvalue weighted by molar-refractivity contribution is 5.78. The first-order chi connectivity index (χ1) is 12.7. The second-order valence-electron chi connectivity index (χ2n) is 5.82. The molecule has 6 heteroatoms. The highest BCUT2D eigenvalue weighted by Crippen LogP contribution is 2.28. The molecule has 1 aromatic heterocycles. The Kier molecular flexibility index (Phi) is 5.53. The third-order valence-corrected chi connectivity index (χ3v) is 4.15. The van der Waals surface area contributed by atoms with Crippen LogP contribution in [0, 0.1) is 0 Å². The van der Waals surface area contributed by atoms with Gasteiger partial charge in [-0.15, -0.1) is 0 Å². The molecule has 0 aliphatic carbocycles. The van der Waals surface area contributed by atoms with Gasteiger partial charge in [-0.1, -0.05) is 37.3 Å². The molecule has 0 aliphatic rings. The minimum atomic E-state index is 0.493. The van der Waals surface area contributed by atoms with Gasteiger partial charge in [-0.2, -0.15) is 0 Å². The van der Waals surface area contributed by atoms with Crippen LogP contribution in [0.15, 0.2) is 54.9 Å². The lowest BCUT2D eigenvalue weighted by atomic mass is 10.1. The maximum atomic E-state index is 6.26. The summed E-state index contributed by atoms with van der Waals surface area (Å²) in [5.41, 5.74) is 10.1. The number of hydrogen-bond acceptors (Lipinski definition) is 6. The van der Waals surface area contributed by atoms with Crippen molar-refractivity contribution >= 4 is 23.0 Å². The summed E-state index contributed by atoms with van der Waals surface area (Å²) in [4.78, 5) is 8.54. The number of nitrogens with zero attached hydrogens (tertiary/aromatic N) is 2. The van der Waals surface area contributed by atoms with Crippen LogP contribution in [0.25, 0.3) is 0 Å². The number of hydrogen-bond donors (Lipinski definition) is 3. The van der Waals surface area contributed by atoms with E-state index in [9.17, 15) is 0 Å². The summed E-state index contributed by atoms with van der Waals surface area (Å²) in [5.74, 6) is 2.03. The molecule has 0 saturated heterocycles. The van der Waals surface area contributed by atoms with Crippen LogP contribution in [0.2, 0.25) is 0 Å². The van der Waals surface area contributed by atoms with Crippen molar-refractivity contribution in [3.8, 4) is 5.75 Å². The molecule has 3 rings (SSSR count). The van der Waals surface area contributed by atoms with Crippen molar-refractivity contribution in [3.63, 3.8) is 0 Å². The smallest absolute Gasteiger partial charge is 0.159 e. The molecule has 0 fully saturated rings. The molecule has 0 bridgehead atoms. The van der Waals surface area contributed by atoms with Crippen LogP contribution >= 0.6 is 0 Å². The molecule has 0 atom stereocenters. The Labute approximate surface area is 153 Å². The molecule has 0 spiro atoms. The number of nitrogens with two attached hydrogens (primary N) is 1. The van der Waals surface area contributed by atoms with E-state index in [2.05, 4.69) is 33.6 Å². The third-order valence-electron chi connectivity index (χ3n) is 4.15. The van der Waals surface area contributed by atoms with Crippen LogP contribution in [0.1, 0.15) is 18.1 Å². The van der Waals surface area contributed by atoms with Crippen molar-refractivity contribution in [2.45, 2.75) is 19.9 Å². The molecule has 1 heterocycles. The van der Waals surface area contributed by atoms with E-state index in [1.807, 2.05) is 42.5 Å². The average molecular weight is 349 g/mol. The number of methoxy groups -OCH3 is 1. The molecular weight excluding hydrogens is 326 g/mol. The first-order valence-corrected chi connectivity index (χ1v) is 8.53. The van der Waals surface area contributed by atoms with Crippen molar-refractivity contribution in [1.29, 1.82) is 0 Å². The minimum absolute atomic E-state index is 0.493. The summed E-state index contributed by atoms with van der Waals surface area (Å²) in [6.45, 7) is 2.72. The zero-order valence-electron chi connectivity index (χ0n) is 15.0. The molecule has 0 amide bonds. The second kappa shape index (κ2) is 8.20. The Morgan fingerprint density at radius 1 is 1.00 bits per heavy atom. The van der Waals surface area contributed by atoms with E-state index in [1.54, 1.807) is 7.11 Å². The molecule has 0 aliphatic heterocycles. The predicted molar refractivity (Wildman–Crippen MR) is 106 cm³/mol. The van der Waals surface area contributed by atoms with E-state index >= 15 is 0 Å². The van der Waals surface area contributed by atoms with Crippen LogP contribution in [-0.4, -0.2) is 17.1 Å². The van der Waals surface area contributed by atoms with Crippen molar-refractivity contribution in [2.24, 2.45) is 0 Å². The molecular formula is C20H23N5O. The molecule has 3 aromatic rings. The van der Waals surface area contributed by atoms with E-state index in [1.165, 1.54) is 11.9 Å². The maximum absolute atomic E-state index is 6.26. The Morgan fingerprint density at radius 2 is 1.73 bits per heavy atom. The molecule has 6 nitrogen and oxygen atoms in total. The summed E-state index contributed by atoms with van der Waals surface area (Å²) in [5, 5.41) is 6.58. The lowest BCUT2D eigenvalue weighted by Gasteiger charge is -2.14. The van der Waals surface area contributed by atoms with Gasteiger partial charge in [0.2, 0.25) is 0 Å². The molecule has 0 saturated carbocycles. The highest BCUT2D eigenvalue weighted by atomic mass is 16.5. The van der Waals surface area contributed by atoms with Gasteiger partial charge < -0.3 is 21.1 Å². The van der Waals surface area contributed by atoms with E-state index in [-0.39, 0.29) is 0 Å². The van der Waals surface area contributed by atoms with Gasteiger partial charge in [0.15, 0.2) is 11.6 Å². The van der Waals surface area contributed by atoms with Crippen LogP contribution in [0.3, 0.4) is 0 Å². The first kappa shape index (κ1) is 17.5. The third kappa shape index (κ3) is 4.03. The minimum Gasteiger partial charge on any atom is -0.497 e. The molecule has 2 aromatic carbocycles. The molecule has 26 heavy (non-hydrogen) atoms. The summed E-state index contributed by atoms with van der Waals surface area (Å²) in [7, 11) is 1.65. The zero-order chi connectivity index (χ0) is 18.4. The van der Waals surface area contributed by atoms with Gasteiger partial charge in [0.25, 0.3) is 0 Å². The van der Waals surface area contributed by atoms with Gasteiger partial charge in [-0.25, -0.2) is 9.97 Å². The topological polar surface area (TPSA) is 85.1 Å². The SMILES string of the molecule is CCc1ccccc1Nc1ncnc(NCc2ccc(OC)cc2)c1N. The van der Waals surface area contributed by atoms with Gasteiger partial charge in [0.05, 0.1) is 7.11 Å². The van der Waals surface area contributed by atoms with Crippen LogP contribution < -0.4 is 21.1 Å². The number of anilines is 4. The molecule has 0 unspecified atom stereocenters. The Hall–Kier alpha value is -3.28. The van der Waals surface area contributed by atoms with Gasteiger partial charge in [-0.05, 0) is 35.7 Å². The first-order valence-electron chi connectivity index (χ1n) is 8.53. The van der Waals surface area contributed by atoms with E-state index in [0.29, 0.717) is 23.9 Å². The van der Waals surface area contributed by atoms with E-state index < -0.39 is 0 Å². The van der Waals surface area contributed by atoms with E-state index in [4.69, 9.17) is 10.5 Å².